The monoisotopic (exact) mass is 368 g/mol. The number of rotatable bonds is 2. The van der Waals surface area contributed by atoms with Gasteiger partial charge in [0, 0.05) is 12.8 Å². The van der Waals surface area contributed by atoms with Crippen LogP contribution in [0.2, 0.25) is 0 Å². The van der Waals surface area contributed by atoms with Crippen LogP contribution in [0.4, 0.5) is 4.39 Å². The number of nitrogens with zero attached hydrogens (tertiary/aromatic N) is 2. The minimum atomic E-state index is -0.631. The molecule has 2 fully saturated rings. The molecule has 2 heterocycles. The first-order chi connectivity index (χ1) is 13.0. The van der Waals surface area contributed by atoms with Crippen molar-refractivity contribution in [2.45, 2.75) is 38.4 Å². The van der Waals surface area contributed by atoms with Crippen LogP contribution in [0.25, 0.3) is 11.8 Å². The number of ether oxygens (including phenoxy) is 2. The fraction of sp³-hybridized carbons (Fsp3) is 0.429. The first-order valence-corrected chi connectivity index (χ1v) is 9.34. The van der Waals surface area contributed by atoms with Crippen molar-refractivity contribution in [3.05, 3.63) is 53.1 Å². The molecule has 1 aromatic heterocycles. The number of benzene rings is 1. The van der Waals surface area contributed by atoms with Crippen LogP contribution in [0.1, 0.15) is 37.4 Å². The topological polar surface area (TPSA) is 53.4 Å². The Bertz CT molecular complexity index is 941. The lowest BCUT2D eigenvalue weighted by Gasteiger charge is -2.46. The Morgan fingerprint density at radius 1 is 1.22 bits per heavy atom. The molecule has 1 saturated carbocycles. The molecule has 0 bridgehead atoms. The normalized spacial score (nSPS) is 25.8. The number of halogens is 1. The molecule has 0 N–H and O–H groups in total. The van der Waals surface area contributed by atoms with Gasteiger partial charge in [0.1, 0.15) is 11.6 Å². The predicted molar refractivity (Wildman–Crippen MR) is 96.8 cm³/mol. The number of aromatic nitrogens is 2. The van der Waals surface area contributed by atoms with Crippen molar-refractivity contribution in [3.63, 3.8) is 0 Å². The molecule has 1 aliphatic heterocycles. The number of fused-ring (bicyclic) bond motifs is 2. The van der Waals surface area contributed by atoms with Crippen LogP contribution in [0.3, 0.4) is 0 Å². The van der Waals surface area contributed by atoms with Crippen LogP contribution in [0, 0.1) is 11.2 Å². The number of allylic oxidation sites excluding steroid dienone is 1. The molecule has 1 spiro atoms. The second-order valence-corrected chi connectivity index (χ2v) is 7.71. The summed E-state index contributed by atoms with van der Waals surface area (Å²) in [5, 5.41) is 4.51. The molecular formula is C21H21FN2O3. The number of Topliss-reactive ketones (excluding diaryl/α,β-unsaturated/α-hetero) is 1. The summed E-state index contributed by atoms with van der Waals surface area (Å²) in [5.74, 6) is -0.761. The zero-order valence-corrected chi connectivity index (χ0v) is 15.2. The van der Waals surface area contributed by atoms with Gasteiger partial charge in [-0.2, -0.15) is 5.10 Å². The van der Waals surface area contributed by atoms with E-state index < -0.39 is 11.2 Å². The standard InChI is InChI=1S/C21H21FN2O3/c1-14(25)20-11-15-12-23-24(18-4-2-17(22)3-5-18)19(15)10-16(20)6-7-21(13-20)26-8-9-27-21/h2-5,10,12H,6-9,11,13H2,1H3/t20-/m1/s1. The van der Waals surface area contributed by atoms with Crippen LogP contribution in [-0.2, 0) is 20.7 Å². The van der Waals surface area contributed by atoms with Gasteiger partial charge in [0.25, 0.3) is 0 Å². The summed E-state index contributed by atoms with van der Waals surface area (Å²) in [6.07, 6.45) is 6.58. The summed E-state index contributed by atoms with van der Waals surface area (Å²) in [5.41, 5.74) is 3.33. The maximum Gasteiger partial charge on any atom is 0.170 e. The van der Waals surface area contributed by atoms with Crippen molar-refractivity contribution in [2.24, 2.45) is 5.41 Å². The molecule has 0 radical (unpaired) electrons. The predicted octanol–water partition coefficient (Wildman–Crippen LogP) is 3.45. The van der Waals surface area contributed by atoms with Gasteiger partial charge >= 0.3 is 0 Å². The first kappa shape index (κ1) is 16.8. The summed E-state index contributed by atoms with van der Waals surface area (Å²) in [4.78, 5) is 12.8. The summed E-state index contributed by atoms with van der Waals surface area (Å²) >= 11 is 0. The van der Waals surface area contributed by atoms with Gasteiger partial charge in [0.2, 0.25) is 0 Å². The highest BCUT2D eigenvalue weighted by molar-refractivity contribution is 5.89. The smallest absolute Gasteiger partial charge is 0.170 e. The second-order valence-electron chi connectivity index (χ2n) is 7.71. The lowest BCUT2D eigenvalue weighted by atomic mass is 9.61. The summed E-state index contributed by atoms with van der Waals surface area (Å²) in [6, 6.07) is 6.28. The maximum absolute atomic E-state index is 13.3. The van der Waals surface area contributed by atoms with Gasteiger partial charge in [-0.1, -0.05) is 5.57 Å². The fourth-order valence-electron chi connectivity index (χ4n) is 4.79. The molecule has 1 saturated heterocycles. The molecule has 6 heteroatoms. The van der Waals surface area contributed by atoms with Crippen molar-refractivity contribution in [1.82, 2.24) is 9.78 Å². The Kier molecular flexibility index (Phi) is 3.64. The molecule has 5 rings (SSSR count). The van der Waals surface area contributed by atoms with Crippen molar-refractivity contribution in [1.29, 1.82) is 0 Å². The average Bonchev–Trinajstić information content (AvgIpc) is 3.27. The SMILES string of the molecule is CC(=O)[C@]12Cc3cnn(-c4ccc(F)cc4)c3C=C1CCC1(C2)OCCO1. The Morgan fingerprint density at radius 3 is 2.67 bits per heavy atom. The minimum Gasteiger partial charge on any atom is -0.347 e. The van der Waals surface area contributed by atoms with Gasteiger partial charge in [0.15, 0.2) is 5.79 Å². The van der Waals surface area contributed by atoms with E-state index in [9.17, 15) is 9.18 Å². The van der Waals surface area contributed by atoms with Crippen molar-refractivity contribution in [2.75, 3.05) is 13.2 Å². The lowest BCUT2D eigenvalue weighted by Crippen LogP contribution is -2.49. The molecule has 1 aromatic carbocycles. The third kappa shape index (κ3) is 2.51. The maximum atomic E-state index is 13.3. The number of hydrogen-bond acceptors (Lipinski definition) is 4. The van der Waals surface area contributed by atoms with Crippen LogP contribution in [-0.4, -0.2) is 34.6 Å². The fourth-order valence-corrected chi connectivity index (χ4v) is 4.79. The zero-order valence-electron chi connectivity index (χ0n) is 15.2. The molecule has 1 atom stereocenters. The van der Waals surface area contributed by atoms with Gasteiger partial charge in [-0.3, -0.25) is 4.79 Å². The Balaban J connectivity index is 1.58. The number of carbonyl (C=O) groups excluding carboxylic acids is 1. The molecule has 140 valence electrons. The largest absolute Gasteiger partial charge is 0.347 e. The highest BCUT2D eigenvalue weighted by Gasteiger charge is 2.54. The van der Waals surface area contributed by atoms with E-state index in [1.54, 1.807) is 19.1 Å². The quantitative estimate of drug-likeness (QED) is 0.815. The van der Waals surface area contributed by atoms with E-state index in [0.717, 1.165) is 35.4 Å². The summed E-state index contributed by atoms with van der Waals surface area (Å²) < 4.78 is 26.9. The van der Waals surface area contributed by atoms with Gasteiger partial charge in [-0.05, 0) is 55.7 Å². The molecule has 0 unspecified atom stereocenters. The third-order valence-corrected chi connectivity index (χ3v) is 6.21. The van der Waals surface area contributed by atoms with Gasteiger partial charge < -0.3 is 9.47 Å². The Hall–Kier alpha value is -2.31. The van der Waals surface area contributed by atoms with Crippen molar-refractivity contribution in [3.8, 4) is 5.69 Å². The third-order valence-electron chi connectivity index (χ3n) is 6.21. The van der Waals surface area contributed by atoms with Crippen LogP contribution < -0.4 is 0 Å². The van der Waals surface area contributed by atoms with Crippen LogP contribution >= 0.6 is 0 Å². The van der Waals surface area contributed by atoms with Gasteiger partial charge in [0.05, 0.1) is 36.2 Å². The Morgan fingerprint density at radius 2 is 1.96 bits per heavy atom. The van der Waals surface area contributed by atoms with Crippen LogP contribution in [0.15, 0.2) is 36.0 Å². The van der Waals surface area contributed by atoms with E-state index >= 15 is 0 Å². The number of ketones is 1. The average molecular weight is 368 g/mol. The zero-order chi connectivity index (χ0) is 18.6. The first-order valence-electron chi connectivity index (χ1n) is 9.34. The van der Waals surface area contributed by atoms with E-state index in [-0.39, 0.29) is 11.6 Å². The Labute approximate surface area is 156 Å². The van der Waals surface area contributed by atoms with E-state index in [2.05, 4.69) is 11.2 Å². The summed E-state index contributed by atoms with van der Waals surface area (Å²) in [7, 11) is 0. The molecule has 5 nitrogen and oxygen atoms in total. The number of carbonyl (C=O) groups is 1. The number of hydrogen-bond donors (Lipinski definition) is 0. The molecule has 2 aliphatic carbocycles. The molecule has 3 aliphatic rings. The van der Waals surface area contributed by atoms with E-state index in [1.807, 2.05) is 10.9 Å². The van der Waals surface area contributed by atoms with Gasteiger partial charge in [-0.15, -0.1) is 0 Å². The van der Waals surface area contributed by atoms with Gasteiger partial charge in [-0.25, -0.2) is 9.07 Å². The molecule has 27 heavy (non-hydrogen) atoms. The minimum absolute atomic E-state index is 0.145. The van der Waals surface area contributed by atoms with Crippen molar-refractivity contribution >= 4 is 11.9 Å². The highest BCUT2D eigenvalue weighted by Crippen LogP contribution is 2.53. The van der Waals surface area contributed by atoms with E-state index in [1.165, 1.54) is 12.1 Å². The lowest BCUT2D eigenvalue weighted by molar-refractivity contribution is -0.193. The van der Waals surface area contributed by atoms with E-state index in [4.69, 9.17) is 9.47 Å². The summed E-state index contributed by atoms with van der Waals surface area (Å²) in [6.45, 7) is 2.83. The van der Waals surface area contributed by atoms with E-state index in [0.29, 0.717) is 26.1 Å². The van der Waals surface area contributed by atoms with Crippen LogP contribution in [0.5, 0.6) is 0 Å². The highest BCUT2D eigenvalue weighted by atomic mass is 19.1. The van der Waals surface area contributed by atoms with Crippen molar-refractivity contribution < 1.29 is 18.7 Å². The molecular weight excluding hydrogens is 347 g/mol. The second kappa shape index (κ2) is 5.84. The molecule has 2 aromatic rings. The molecule has 0 amide bonds.